The Labute approximate surface area is 109 Å². The highest BCUT2D eigenvalue weighted by molar-refractivity contribution is 8.13. The molecule has 2 heterocycles. The van der Waals surface area contributed by atoms with Crippen LogP contribution in [0.5, 0.6) is 0 Å². The molecule has 2 saturated heterocycles. The summed E-state index contributed by atoms with van der Waals surface area (Å²) >= 11 is 1.87. The van der Waals surface area contributed by atoms with Crippen LogP contribution in [0, 0.1) is 11.8 Å². The lowest BCUT2D eigenvalue weighted by Gasteiger charge is -2.28. The van der Waals surface area contributed by atoms with Gasteiger partial charge in [0, 0.05) is 30.9 Å². The highest BCUT2D eigenvalue weighted by atomic mass is 32.2. The Bertz CT molecular complexity index is 283. The molecule has 2 rings (SSSR count). The number of hydrogen-bond donors (Lipinski definition) is 1. The molecule has 17 heavy (non-hydrogen) atoms. The summed E-state index contributed by atoms with van der Waals surface area (Å²) in [6.45, 7) is 8.58. The lowest BCUT2D eigenvalue weighted by Crippen LogP contribution is -2.41. The molecule has 0 aromatic heterocycles. The first kappa shape index (κ1) is 13.2. The van der Waals surface area contributed by atoms with Crippen LogP contribution in [0.3, 0.4) is 0 Å². The molecule has 2 fully saturated rings. The van der Waals surface area contributed by atoms with Gasteiger partial charge in [-0.15, -0.1) is 0 Å². The number of thioether (sulfide) groups is 1. The van der Waals surface area contributed by atoms with Crippen molar-refractivity contribution in [3.63, 3.8) is 0 Å². The van der Waals surface area contributed by atoms with Crippen LogP contribution in [0.2, 0.25) is 0 Å². The van der Waals surface area contributed by atoms with Crippen molar-refractivity contribution in [3.05, 3.63) is 0 Å². The molecule has 3 nitrogen and oxygen atoms in total. The topological polar surface area (TPSA) is 33.6 Å². The summed E-state index contributed by atoms with van der Waals surface area (Å²) in [6.07, 6.45) is 2.72. The summed E-state index contributed by atoms with van der Waals surface area (Å²) < 4.78 is 5.70. The van der Waals surface area contributed by atoms with E-state index in [1.807, 2.05) is 11.8 Å². The first-order valence-corrected chi connectivity index (χ1v) is 7.74. The van der Waals surface area contributed by atoms with Crippen LogP contribution >= 0.6 is 11.8 Å². The van der Waals surface area contributed by atoms with Gasteiger partial charge in [-0.2, -0.15) is 0 Å². The minimum absolute atomic E-state index is 0.435. The van der Waals surface area contributed by atoms with Crippen molar-refractivity contribution >= 4 is 16.9 Å². The summed E-state index contributed by atoms with van der Waals surface area (Å²) in [4.78, 5) is 4.74. The van der Waals surface area contributed by atoms with E-state index >= 15 is 0 Å². The van der Waals surface area contributed by atoms with Crippen LogP contribution < -0.4 is 5.32 Å². The molecule has 0 aromatic rings. The van der Waals surface area contributed by atoms with E-state index in [9.17, 15) is 0 Å². The minimum atomic E-state index is 0.435. The number of hydrogen-bond acceptors (Lipinski definition) is 3. The van der Waals surface area contributed by atoms with Crippen LogP contribution in [0.4, 0.5) is 0 Å². The van der Waals surface area contributed by atoms with Gasteiger partial charge >= 0.3 is 0 Å². The van der Waals surface area contributed by atoms with Crippen LogP contribution in [0.15, 0.2) is 4.99 Å². The van der Waals surface area contributed by atoms with E-state index in [1.165, 1.54) is 12.2 Å². The molecular formula is C13H24N2OS. The largest absolute Gasteiger partial charge is 0.378 e. The molecular weight excluding hydrogens is 232 g/mol. The fourth-order valence-corrected chi connectivity index (χ4v) is 3.52. The van der Waals surface area contributed by atoms with Gasteiger partial charge in [-0.05, 0) is 25.7 Å². The molecule has 0 amide bonds. The zero-order valence-electron chi connectivity index (χ0n) is 11.1. The number of rotatable bonds is 3. The maximum Gasteiger partial charge on any atom is 0.156 e. The smallest absolute Gasteiger partial charge is 0.156 e. The second-order valence-corrected chi connectivity index (χ2v) is 6.24. The molecule has 0 spiro atoms. The lowest BCUT2D eigenvalue weighted by atomic mass is 10.0. The van der Waals surface area contributed by atoms with Crippen molar-refractivity contribution in [1.82, 2.24) is 5.32 Å². The summed E-state index contributed by atoms with van der Waals surface area (Å²) in [7, 11) is 0. The van der Waals surface area contributed by atoms with Crippen molar-refractivity contribution < 1.29 is 4.74 Å². The van der Waals surface area contributed by atoms with E-state index in [0.29, 0.717) is 18.1 Å². The fourth-order valence-electron chi connectivity index (χ4n) is 2.38. The van der Waals surface area contributed by atoms with E-state index in [2.05, 4.69) is 26.1 Å². The molecule has 0 radical (unpaired) electrons. The first-order valence-electron chi connectivity index (χ1n) is 6.76. The Morgan fingerprint density at radius 1 is 1.47 bits per heavy atom. The standard InChI is InChI=1S/C13H24N2OS/c1-4-12-11(5-6-16-12)7-14-13-15-10(3)9(2)8-17-13/h9-12H,4-8H2,1-3H3,(H,14,15). The zero-order valence-corrected chi connectivity index (χ0v) is 11.9. The Morgan fingerprint density at radius 3 is 3.00 bits per heavy atom. The zero-order chi connectivity index (χ0) is 12.3. The minimum Gasteiger partial charge on any atom is -0.378 e. The average molecular weight is 256 g/mol. The average Bonchev–Trinajstić information content (AvgIpc) is 2.78. The van der Waals surface area contributed by atoms with Crippen molar-refractivity contribution in [2.75, 3.05) is 18.9 Å². The molecule has 2 aliphatic rings. The Hall–Kier alpha value is -0.220. The molecule has 98 valence electrons. The van der Waals surface area contributed by atoms with Crippen molar-refractivity contribution in [1.29, 1.82) is 0 Å². The van der Waals surface area contributed by atoms with E-state index in [-0.39, 0.29) is 0 Å². The monoisotopic (exact) mass is 256 g/mol. The third-order valence-corrected chi connectivity index (χ3v) is 5.12. The number of ether oxygens (including phenoxy) is 1. The second kappa shape index (κ2) is 6.10. The van der Waals surface area contributed by atoms with Gasteiger partial charge in [0.2, 0.25) is 0 Å². The molecule has 2 aliphatic heterocycles. The van der Waals surface area contributed by atoms with Gasteiger partial charge in [0.25, 0.3) is 0 Å². The van der Waals surface area contributed by atoms with E-state index in [0.717, 1.165) is 30.7 Å². The predicted molar refractivity (Wildman–Crippen MR) is 74.7 cm³/mol. The summed E-state index contributed by atoms with van der Waals surface area (Å²) in [6, 6.07) is 0.553. The van der Waals surface area contributed by atoms with Crippen LogP contribution in [-0.2, 0) is 4.74 Å². The first-order chi connectivity index (χ1) is 8.20. The number of aliphatic imine (C=N–C) groups is 1. The quantitative estimate of drug-likeness (QED) is 0.842. The Kier molecular flexibility index (Phi) is 4.74. The Morgan fingerprint density at radius 2 is 2.29 bits per heavy atom. The normalized spacial score (nSPS) is 40.5. The number of nitrogens with one attached hydrogen (secondary N) is 1. The summed E-state index contributed by atoms with van der Waals surface area (Å²) in [5.74, 6) is 2.55. The van der Waals surface area contributed by atoms with Gasteiger partial charge in [0.05, 0.1) is 6.10 Å². The van der Waals surface area contributed by atoms with Crippen molar-refractivity contribution in [3.8, 4) is 0 Å². The fraction of sp³-hybridized carbons (Fsp3) is 0.923. The maximum absolute atomic E-state index is 5.70. The van der Waals surface area contributed by atoms with Gasteiger partial charge in [-0.25, -0.2) is 0 Å². The third-order valence-electron chi connectivity index (χ3n) is 3.91. The predicted octanol–water partition coefficient (Wildman–Crippen LogP) is 2.52. The third kappa shape index (κ3) is 3.38. The lowest BCUT2D eigenvalue weighted by molar-refractivity contribution is 0.0893. The molecule has 4 heteroatoms. The van der Waals surface area contributed by atoms with Crippen LogP contribution in [0.1, 0.15) is 33.6 Å². The summed E-state index contributed by atoms with van der Waals surface area (Å²) in [5, 5.41) is 4.63. The van der Waals surface area contributed by atoms with Crippen LogP contribution in [-0.4, -0.2) is 36.2 Å². The van der Waals surface area contributed by atoms with Crippen molar-refractivity contribution in [2.45, 2.75) is 45.8 Å². The maximum atomic E-state index is 5.70. The molecule has 4 unspecified atom stereocenters. The van der Waals surface area contributed by atoms with Crippen molar-refractivity contribution in [2.24, 2.45) is 16.8 Å². The molecule has 0 bridgehead atoms. The highest BCUT2D eigenvalue weighted by Gasteiger charge is 2.27. The second-order valence-electron chi connectivity index (χ2n) is 5.23. The number of amidine groups is 1. The van der Waals surface area contributed by atoms with Gasteiger partial charge < -0.3 is 10.1 Å². The van der Waals surface area contributed by atoms with E-state index in [4.69, 9.17) is 9.73 Å². The van der Waals surface area contributed by atoms with Gasteiger partial charge in [-0.3, -0.25) is 4.99 Å². The van der Waals surface area contributed by atoms with Gasteiger partial charge in [0.15, 0.2) is 5.17 Å². The SMILES string of the molecule is CCC1OCCC1CN=C1NC(C)C(C)CS1. The van der Waals surface area contributed by atoms with Crippen LogP contribution in [0.25, 0.3) is 0 Å². The van der Waals surface area contributed by atoms with Gasteiger partial charge in [-0.1, -0.05) is 25.6 Å². The Balaban J connectivity index is 1.84. The molecule has 0 aliphatic carbocycles. The molecule has 4 atom stereocenters. The van der Waals surface area contributed by atoms with E-state index in [1.54, 1.807) is 0 Å². The molecule has 0 aromatic carbocycles. The van der Waals surface area contributed by atoms with Gasteiger partial charge in [0.1, 0.15) is 0 Å². The molecule has 0 saturated carbocycles. The van der Waals surface area contributed by atoms with E-state index < -0.39 is 0 Å². The highest BCUT2D eigenvalue weighted by Crippen LogP contribution is 2.25. The number of nitrogens with zero attached hydrogens (tertiary/aromatic N) is 1. The summed E-state index contributed by atoms with van der Waals surface area (Å²) in [5.41, 5.74) is 0. The molecule has 1 N–H and O–H groups in total.